The lowest BCUT2D eigenvalue weighted by Gasteiger charge is -2.37. The molecule has 2 atom stereocenters. The fraction of sp³-hybridized carbons (Fsp3) is 0.333. The number of rotatable bonds is 4. The number of nitrogens with zero attached hydrogens (tertiary/aromatic N) is 4. The second-order valence-corrected chi connectivity index (χ2v) is 8.45. The number of halogens is 4. The summed E-state index contributed by atoms with van der Waals surface area (Å²) >= 11 is 0. The molecule has 1 aliphatic rings. The fourth-order valence-electron chi connectivity index (χ4n) is 4.02. The van der Waals surface area contributed by atoms with E-state index < -0.39 is 23.3 Å². The molecule has 1 fully saturated rings. The van der Waals surface area contributed by atoms with Gasteiger partial charge in [-0.05, 0) is 49.7 Å². The van der Waals surface area contributed by atoms with Crippen molar-refractivity contribution in [1.29, 1.82) is 0 Å². The molecule has 4 rings (SSSR count). The molecule has 0 aliphatic carbocycles. The van der Waals surface area contributed by atoms with Gasteiger partial charge in [0.15, 0.2) is 5.78 Å². The zero-order valence-corrected chi connectivity index (χ0v) is 19.2. The van der Waals surface area contributed by atoms with Crippen molar-refractivity contribution in [2.45, 2.75) is 39.2 Å². The lowest BCUT2D eigenvalue weighted by molar-refractivity contribution is -0.137. The minimum atomic E-state index is -4.71. The monoisotopic (exact) mass is 489 g/mol. The molecule has 2 aromatic heterocycles. The second kappa shape index (κ2) is 9.21. The van der Waals surface area contributed by atoms with Crippen LogP contribution in [-0.4, -0.2) is 39.9 Å². The van der Waals surface area contributed by atoms with Gasteiger partial charge in [0.1, 0.15) is 23.3 Å². The number of morpholine rings is 1. The largest absolute Gasteiger partial charge is 0.416 e. The van der Waals surface area contributed by atoms with Gasteiger partial charge in [-0.3, -0.25) is 9.78 Å². The molecule has 184 valence electrons. The van der Waals surface area contributed by atoms with Crippen LogP contribution in [0.1, 0.15) is 47.3 Å². The molecule has 0 spiro atoms. The summed E-state index contributed by atoms with van der Waals surface area (Å²) in [5.74, 6) is -1.54. The fourth-order valence-corrected chi connectivity index (χ4v) is 4.02. The molecule has 1 aromatic carbocycles. The Labute approximate surface area is 199 Å². The number of carbonyl (C=O) groups excluding carboxylic acids is 1. The highest BCUT2D eigenvalue weighted by Crippen LogP contribution is 2.36. The maximum atomic E-state index is 14.8. The van der Waals surface area contributed by atoms with Crippen molar-refractivity contribution in [3.8, 4) is 11.3 Å². The van der Waals surface area contributed by atoms with Gasteiger partial charge in [-0.25, -0.2) is 14.4 Å². The molecule has 3 aromatic rings. The molecule has 0 amide bonds. The summed E-state index contributed by atoms with van der Waals surface area (Å²) in [5.41, 5.74) is 5.90. The maximum absolute atomic E-state index is 14.8. The summed E-state index contributed by atoms with van der Waals surface area (Å²) in [5, 5.41) is 0. The van der Waals surface area contributed by atoms with E-state index in [1.165, 1.54) is 6.92 Å². The smallest absolute Gasteiger partial charge is 0.395 e. The van der Waals surface area contributed by atoms with Crippen LogP contribution >= 0.6 is 0 Å². The van der Waals surface area contributed by atoms with Crippen LogP contribution in [0.25, 0.3) is 11.3 Å². The number of aryl methyl sites for hydroxylation is 1. The molecule has 2 N–H and O–H groups in total. The van der Waals surface area contributed by atoms with E-state index in [4.69, 9.17) is 10.5 Å². The minimum Gasteiger partial charge on any atom is -0.395 e. The van der Waals surface area contributed by atoms with Gasteiger partial charge in [-0.2, -0.15) is 13.2 Å². The summed E-state index contributed by atoms with van der Waals surface area (Å²) in [6.45, 7) is 5.67. The van der Waals surface area contributed by atoms with Crippen LogP contribution in [0.3, 0.4) is 0 Å². The molecular weight excluding hydrogens is 466 g/mol. The summed E-state index contributed by atoms with van der Waals surface area (Å²) in [4.78, 5) is 27.0. The second-order valence-electron chi connectivity index (χ2n) is 8.45. The Balaban J connectivity index is 1.78. The molecule has 1 aliphatic heterocycles. The Kier molecular flexibility index (Phi) is 6.46. The van der Waals surface area contributed by atoms with Gasteiger partial charge < -0.3 is 15.4 Å². The number of nitrogens with two attached hydrogens (primary N) is 1. The zero-order chi connectivity index (χ0) is 25.5. The van der Waals surface area contributed by atoms with E-state index in [-0.39, 0.29) is 40.8 Å². The summed E-state index contributed by atoms with van der Waals surface area (Å²) < 4.78 is 59.9. The first-order valence-corrected chi connectivity index (χ1v) is 10.8. The summed E-state index contributed by atoms with van der Waals surface area (Å²) in [6, 6.07) is 5.81. The van der Waals surface area contributed by atoms with Crippen molar-refractivity contribution < 1.29 is 27.1 Å². The van der Waals surface area contributed by atoms with Gasteiger partial charge in [0, 0.05) is 30.9 Å². The van der Waals surface area contributed by atoms with E-state index in [1.54, 1.807) is 11.1 Å². The molecular formula is C24H23F4N5O2. The molecule has 1 saturated heterocycles. The zero-order valence-electron chi connectivity index (χ0n) is 19.2. The molecule has 0 unspecified atom stereocenters. The highest BCUT2D eigenvalue weighted by Gasteiger charge is 2.33. The first-order valence-electron chi connectivity index (χ1n) is 10.8. The van der Waals surface area contributed by atoms with Crippen LogP contribution in [-0.2, 0) is 10.9 Å². The van der Waals surface area contributed by atoms with Gasteiger partial charge in [0.25, 0.3) is 0 Å². The SMILES string of the molecule is CC(=O)c1nc(N2C[C@@H](c3ccnc(C)c3)O[C@@H](C)C2)nc(-c2ccc(C(F)(F)F)cc2F)c1N. The number of carbonyl (C=O) groups is 1. The number of hydrogen-bond donors (Lipinski definition) is 1. The van der Waals surface area contributed by atoms with Gasteiger partial charge in [-0.15, -0.1) is 0 Å². The number of ether oxygens (including phenoxy) is 1. The molecule has 3 heterocycles. The average Bonchev–Trinajstić information content (AvgIpc) is 2.78. The van der Waals surface area contributed by atoms with Crippen LogP contribution in [0.5, 0.6) is 0 Å². The van der Waals surface area contributed by atoms with E-state index in [9.17, 15) is 22.4 Å². The first kappa shape index (κ1) is 24.5. The molecule has 0 bridgehead atoms. The Hall–Kier alpha value is -3.60. The third-order valence-corrected chi connectivity index (χ3v) is 5.65. The number of nitrogen functional groups attached to an aromatic ring is 1. The number of ketones is 1. The minimum absolute atomic E-state index is 0.102. The molecule has 7 nitrogen and oxygen atoms in total. The average molecular weight is 489 g/mol. The van der Waals surface area contributed by atoms with Gasteiger partial charge in [-0.1, -0.05) is 0 Å². The standard InChI is InChI=1S/C24H23F4N5O2/c1-12-8-15(6-7-30-12)19-11-33(10-13(2)35-19)23-31-21(14(3)34)20(29)22(32-23)17-5-4-16(9-18(17)25)24(26,27)28/h4-9,13,19H,10-11,29H2,1-3H3/t13-,19-/m0/s1. The third kappa shape index (κ3) is 5.09. The lowest BCUT2D eigenvalue weighted by Crippen LogP contribution is -2.44. The highest BCUT2D eigenvalue weighted by atomic mass is 19.4. The van der Waals surface area contributed by atoms with E-state index in [2.05, 4.69) is 15.0 Å². The van der Waals surface area contributed by atoms with Crippen molar-refractivity contribution in [1.82, 2.24) is 15.0 Å². The number of alkyl halides is 3. The molecule has 0 radical (unpaired) electrons. The van der Waals surface area contributed by atoms with Crippen molar-refractivity contribution >= 4 is 17.4 Å². The number of benzene rings is 1. The topological polar surface area (TPSA) is 94.2 Å². The van der Waals surface area contributed by atoms with Gasteiger partial charge in [0.05, 0.1) is 23.9 Å². The third-order valence-electron chi connectivity index (χ3n) is 5.65. The Bertz CT molecular complexity index is 1280. The predicted octanol–water partition coefficient (Wildman–Crippen LogP) is 4.76. The molecule has 11 heteroatoms. The number of anilines is 2. The van der Waals surface area contributed by atoms with Gasteiger partial charge in [0.2, 0.25) is 5.95 Å². The lowest BCUT2D eigenvalue weighted by atomic mass is 10.0. The number of pyridine rings is 1. The van der Waals surface area contributed by atoms with Crippen LogP contribution in [0.2, 0.25) is 0 Å². The summed E-state index contributed by atoms with van der Waals surface area (Å²) in [6.07, 6.45) is -3.63. The highest BCUT2D eigenvalue weighted by molar-refractivity contribution is 6.00. The number of aromatic nitrogens is 3. The van der Waals surface area contributed by atoms with Gasteiger partial charge >= 0.3 is 6.18 Å². The number of Topliss-reactive ketones (excluding diaryl/α,β-unsaturated/α-hetero) is 1. The first-order chi connectivity index (χ1) is 16.4. The van der Waals surface area contributed by atoms with Crippen LogP contribution < -0.4 is 10.6 Å². The van der Waals surface area contributed by atoms with Crippen molar-refractivity contribution in [2.24, 2.45) is 0 Å². The van der Waals surface area contributed by atoms with E-state index in [0.717, 1.165) is 23.4 Å². The predicted molar refractivity (Wildman–Crippen MR) is 121 cm³/mol. The maximum Gasteiger partial charge on any atom is 0.416 e. The van der Waals surface area contributed by atoms with Crippen LogP contribution in [0.15, 0.2) is 36.5 Å². The van der Waals surface area contributed by atoms with E-state index in [0.29, 0.717) is 19.2 Å². The normalized spacial score (nSPS) is 18.5. The Morgan fingerprint density at radius 2 is 1.91 bits per heavy atom. The Morgan fingerprint density at radius 1 is 1.17 bits per heavy atom. The Morgan fingerprint density at radius 3 is 2.54 bits per heavy atom. The molecule has 35 heavy (non-hydrogen) atoms. The van der Waals surface area contributed by atoms with Crippen molar-refractivity contribution in [3.63, 3.8) is 0 Å². The summed E-state index contributed by atoms with van der Waals surface area (Å²) in [7, 11) is 0. The quantitative estimate of drug-likeness (QED) is 0.417. The van der Waals surface area contributed by atoms with Crippen molar-refractivity contribution in [2.75, 3.05) is 23.7 Å². The number of hydrogen-bond acceptors (Lipinski definition) is 7. The van der Waals surface area contributed by atoms with Crippen LogP contribution in [0, 0.1) is 12.7 Å². The van der Waals surface area contributed by atoms with E-state index in [1.807, 2.05) is 26.0 Å². The van der Waals surface area contributed by atoms with E-state index >= 15 is 0 Å². The van der Waals surface area contributed by atoms with Crippen molar-refractivity contribution in [3.05, 3.63) is 64.9 Å². The molecule has 0 saturated carbocycles. The van der Waals surface area contributed by atoms with Crippen LogP contribution in [0.4, 0.5) is 29.2 Å².